The smallest absolute Gasteiger partial charge is 0.238 e. The zero-order chi connectivity index (χ0) is 13.9. The molecule has 0 aliphatic carbocycles. The third-order valence-electron chi connectivity index (χ3n) is 3.16. The minimum absolute atomic E-state index is 0.0277. The average Bonchev–Trinajstić information content (AvgIpc) is 2.81. The van der Waals surface area contributed by atoms with Gasteiger partial charge in [0, 0.05) is 18.0 Å². The molecule has 2 N–H and O–H groups in total. The number of fused-ring (bicyclic) bond motifs is 1. The molecule has 1 unspecified atom stereocenters. The number of benzene rings is 1. The minimum Gasteiger partial charge on any atom is -0.392 e. The van der Waals surface area contributed by atoms with E-state index in [4.69, 9.17) is 5.11 Å². The number of nitrogens with zero attached hydrogens (tertiary/aromatic N) is 2. The van der Waals surface area contributed by atoms with Gasteiger partial charge in [-0.15, -0.1) is 0 Å². The van der Waals surface area contributed by atoms with Gasteiger partial charge in [0.1, 0.15) is 11.7 Å². The van der Waals surface area contributed by atoms with Crippen molar-refractivity contribution in [2.75, 3.05) is 5.32 Å². The quantitative estimate of drug-likeness (QED) is 0.835. The Labute approximate surface area is 116 Å². The predicted octanol–water partition coefficient (Wildman–Crippen LogP) is 2.01. The van der Waals surface area contributed by atoms with E-state index in [1.807, 2.05) is 24.3 Å². The van der Waals surface area contributed by atoms with Crippen LogP contribution in [0.5, 0.6) is 0 Å². The highest BCUT2D eigenvalue weighted by molar-refractivity contribution is 6.11. The van der Waals surface area contributed by atoms with Gasteiger partial charge in [0.25, 0.3) is 0 Å². The number of rotatable bonds is 3. The summed E-state index contributed by atoms with van der Waals surface area (Å²) in [6.07, 6.45) is 3.25. The second kappa shape index (κ2) is 5.22. The van der Waals surface area contributed by atoms with Crippen molar-refractivity contribution in [2.45, 2.75) is 12.5 Å². The van der Waals surface area contributed by atoms with E-state index in [0.29, 0.717) is 11.5 Å². The molecule has 5 heteroatoms. The van der Waals surface area contributed by atoms with E-state index in [1.165, 1.54) is 0 Å². The number of carbonyl (C=O) groups is 1. The Kier molecular flexibility index (Phi) is 3.26. The molecule has 0 spiro atoms. The van der Waals surface area contributed by atoms with E-state index in [1.54, 1.807) is 24.5 Å². The molecule has 0 saturated carbocycles. The number of aliphatic imine (C=N–C) groups is 1. The van der Waals surface area contributed by atoms with Crippen LogP contribution < -0.4 is 5.32 Å². The standard InChI is InChI=1S/C15H13N3O2/c19-9-10-3-1-4-11(7-10)17-8-13-12-5-2-6-16-14(12)18-15(13)20/h1-8,13,19H,9H2,(H,16,18,20). The summed E-state index contributed by atoms with van der Waals surface area (Å²) in [6.45, 7) is -0.0277. The Balaban J connectivity index is 1.87. The molecule has 2 heterocycles. The van der Waals surface area contributed by atoms with E-state index in [-0.39, 0.29) is 12.5 Å². The zero-order valence-electron chi connectivity index (χ0n) is 10.7. The molecule has 1 aliphatic heterocycles. The van der Waals surface area contributed by atoms with Crippen molar-refractivity contribution in [3.63, 3.8) is 0 Å². The molecule has 3 rings (SSSR count). The summed E-state index contributed by atoms with van der Waals surface area (Å²) in [5.74, 6) is 0.0512. The number of hydrogen-bond donors (Lipinski definition) is 2. The fraction of sp³-hybridized carbons (Fsp3) is 0.133. The molecule has 100 valence electrons. The molecule has 0 fully saturated rings. The molecular formula is C15H13N3O2. The molecule has 0 radical (unpaired) electrons. The third kappa shape index (κ3) is 2.31. The molecule has 1 aliphatic rings. The highest BCUT2D eigenvalue weighted by Gasteiger charge is 2.29. The van der Waals surface area contributed by atoms with Crippen LogP contribution in [0.25, 0.3) is 0 Å². The van der Waals surface area contributed by atoms with Crippen LogP contribution in [0.1, 0.15) is 17.0 Å². The number of aromatic nitrogens is 1. The second-order valence-electron chi connectivity index (χ2n) is 4.51. The van der Waals surface area contributed by atoms with Gasteiger partial charge in [-0.2, -0.15) is 0 Å². The number of aliphatic hydroxyl groups excluding tert-OH is 1. The van der Waals surface area contributed by atoms with Gasteiger partial charge in [-0.05, 0) is 23.8 Å². The number of aliphatic hydroxyl groups is 1. The van der Waals surface area contributed by atoms with Crippen LogP contribution in [-0.4, -0.2) is 22.2 Å². The molecule has 5 nitrogen and oxygen atoms in total. The Morgan fingerprint density at radius 2 is 2.25 bits per heavy atom. The first-order valence-corrected chi connectivity index (χ1v) is 6.27. The van der Waals surface area contributed by atoms with E-state index in [9.17, 15) is 4.79 Å². The predicted molar refractivity (Wildman–Crippen MR) is 76.1 cm³/mol. The Morgan fingerprint density at radius 3 is 3.10 bits per heavy atom. The maximum absolute atomic E-state index is 11.9. The molecule has 0 saturated heterocycles. The number of pyridine rings is 1. The molecule has 0 bridgehead atoms. The molecule has 1 amide bonds. The van der Waals surface area contributed by atoms with Gasteiger partial charge in [0.15, 0.2) is 0 Å². The largest absolute Gasteiger partial charge is 0.392 e. The first-order chi connectivity index (χ1) is 9.78. The summed E-state index contributed by atoms with van der Waals surface area (Å²) < 4.78 is 0. The molecular weight excluding hydrogens is 254 g/mol. The van der Waals surface area contributed by atoms with Crippen LogP contribution in [0.4, 0.5) is 11.5 Å². The van der Waals surface area contributed by atoms with E-state index in [2.05, 4.69) is 15.3 Å². The first kappa shape index (κ1) is 12.5. The minimum atomic E-state index is -0.420. The molecule has 2 aromatic rings. The summed E-state index contributed by atoms with van der Waals surface area (Å²) in [7, 11) is 0. The lowest BCUT2D eigenvalue weighted by Gasteiger charge is -2.02. The van der Waals surface area contributed by atoms with Gasteiger partial charge in [0.05, 0.1) is 12.3 Å². The SMILES string of the molecule is O=C1Nc2ncccc2C1C=Nc1cccc(CO)c1. The van der Waals surface area contributed by atoms with Crippen LogP contribution in [0.3, 0.4) is 0 Å². The van der Waals surface area contributed by atoms with Gasteiger partial charge < -0.3 is 10.4 Å². The maximum Gasteiger partial charge on any atom is 0.238 e. The van der Waals surface area contributed by atoms with Gasteiger partial charge in [-0.25, -0.2) is 4.98 Å². The van der Waals surface area contributed by atoms with Crippen molar-refractivity contribution in [2.24, 2.45) is 4.99 Å². The normalized spacial score (nSPS) is 17.2. The van der Waals surface area contributed by atoms with Crippen LogP contribution >= 0.6 is 0 Å². The van der Waals surface area contributed by atoms with E-state index in [0.717, 1.165) is 11.1 Å². The molecule has 20 heavy (non-hydrogen) atoms. The average molecular weight is 267 g/mol. The number of amides is 1. The van der Waals surface area contributed by atoms with Crippen LogP contribution in [0.2, 0.25) is 0 Å². The fourth-order valence-corrected chi connectivity index (χ4v) is 2.15. The summed E-state index contributed by atoms with van der Waals surface area (Å²) in [6, 6.07) is 10.9. The highest BCUT2D eigenvalue weighted by Crippen LogP contribution is 2.29. The van der Waals surface area contributed by atoms with Crippen molar-refractivity contribution < 1.29 is 9.90 Å². The number of anilines is 1. The molecule has 1 aromatic heterocycles. The lowest BCUT2D eigenvalue weighted by atomic mass is 10.0. The summed E-state index contributed by atoms with van der Waals surface area (Å²) in [5, 5.41) is 11.8. The topological polar surface area (TPSA) is 74.6 Å². The Hall–Kier alpha value is -2.53. The third-order valence-corrected chi connectivity index (χ3v) is 3.16. The second-order valence-corrected chi connectivity index (χ2v) is 4.51. The number of nitrogens with one attached hydrogen (secondary N) is 1. The lowest BCUT2D eigenvalue weighted by molar-refractivity contribution is -0.115. The van der Waals surface area contributed by atoms with Gasteiger partial charge in [0.2, 0.25) is 5.91 Å². The first-order valence-electron chi connectivity index (χ1n) is 6.27. The van der Waals surface area contributed by atoms with Crippen LogP contribution in [-0.2, 0) is 11.4 Å². The van der Waals surface area contributed by atoms with Crippen LogP contribution in [0, 0.1) is 0 Å². The number of hydrogen-bond acceptors (Lipinski definition) is 4. The van der Waals surface area contributed by atoms with Crippen molar-refractivity contribution in [1.82, 2.24) is 4.98 Å². The van der Waals surface area contributed by atoms with E-state index >= 15 is 0 Å². The highest BCUT2D eigenvalue weighted by atomic mass is 16.3. The van der Waals surface area contributed by atoms with Crippen molar-refractivity contribution >= 4 is 23.6 Å². The summed E-state index contributed by atoms with van der Waals surface area (Å²) in [4.78, 5) is 20.3. The maximum atomic E-state index is 11.9. The van der Waals surface area contributed by atoms with Gasteiger partial charge in [-0.3, -0.25) is 9.79 Å². The van der Waals surface area contributed by atoms with Crippen LogP contribution in [0.15, 0.2) is 47.6 Å². The fourth-order valence-electron chi connectivity index (χ4n) is 2.15. The van der Waals surface area contributed by atoms with Gasteiger partial charge >= 0.3 is 0 Å². The van der Waals surface area contributed by atoms with Crippen molar-refractivity contribution in [3.8, 4) is 0 Å². The Morgan fingerprint density at radius 1 is 1.35 bits per heavy atom. The van der Waals surface area contributed by atoms with E-state index < -0.39 is 5.92 Å². The molecule has 1 atom stereocenters. The number of carbonyl (C=O) groups excluding carboxylic acids is 1. The Bertz CT molecular complexity index is 682. The van der Waals surface area contributed by atoms with Gasteiger partial charge in [-0.1, -0.05) is 18.2 Å². The van der Waals surface area contributed by atoms with Crippen molar-refractivity contribution in [1.29, 1.82) is 0 Å². The monoisotopic (exact) mass is 267 g/mol. The van der Waals surface area contributed by atoms with Crippen molar-refractivity contribution in [3.05, 3.63) is 53.7 Å². The molecule has 1 aromatic carbocycles. The summed E-state index contributed by atoms with van der Waals surface area (Å²) >= 11 is 0. The lowest BCUT2D eigenvalue weighted by Crippen LogP contribution is -2.12. The zero-order valence-corrected chi connectivity index (χ0v) is 10.7. The summed E-state index contributed by atoms with van der Waals surface area (Å²) in [5.41, 5.74) is 2.33.